The second kappa shape index (κ2) is 13.4. The van der Waals surface area contributed by atoms with Gasteiger partial charge in [-0.05, 0) is 26.3 Å². The van der Waals surface area contributed by atoms with Gasteiger partial charge in [-0.15, -0.1) is 0 Å². The van der Waals surface area contributed by atoms with Crippen molar-refractivity contribution in [2.24, 2.45) is 16.1 Å². The normalized spacial score (nSPS) is 32.5. The number of nitrogens with zero attached hydrogens (tertiary/aromatic N) is 2. The van der Waals surface area contributed by atoms with E-state index in [4.69, 9.17) is 19.5 Å². The minimum atomic E-state index is -4.02. The fourth-order valence-electron chi connectivity index (χ4n) is 4.56. The topological polar surface area (TPSA) is 217 Å². The average Bonchev–Trinajstić information content (AvgIpc) is 3.47. The van der Waals surface area contributed by atoms with Gasteiger partial charge in [0.05, 0.1) is 31.6 Å². The molecule has 3 aliphatic rings. The molecule has 4 unspecified atom stereocenters. The third-order valence-corrected chi connectivity index (χ3v) is 9.92. The minimum absolute atomic E-state index is 0.118. The highest BCUT2D eigenvalue weighted by Crippen LogP contribution is 2.46. The van der Waals surface area contributed by atoms with E-state index >= 15 is 0 Å². The number of aliphatic hydroxyl groups is 3. The molecule has 0 bridgehead atoms. The second-order valence-corrected chi connectivity index (χ2v) is 14.0. The quantitative estimate of drug-likeness (QED) is 0.103. The van der Waals surface area contributed by atoms with Crippen LogP contribution in [0.1, 0.15) is 26.3 Å². The maximum atomic E-state index is 13.7. The smallest absolute Gasteiger partial charge is 0.395 e. The molecule has 42 heavy (non-hydrogen) atoms. The van der Waals surface area contributed by atoms with Crippen molar-refractivity contribution in [2.45, 2.75) is 69.9 Å². The maximum absolute atomic E-state index is 13.7. The number of thioether (sulfide) groups is 1. The van der Waals surface area contributed by atoms with Crippen molar-refractivity contribution >= 4 is 36.9 Å². The predicted octanol–water partition coefficient (Wildman–Crippen LogP) is -0.967. The number of rotatable bonds is 13. The van der Waals surface area contributed by atoms with Crippen molar-refractivity contribution in [3.8, 4) is 0 Å². The Morgan fingerprint density at radius 1 is 1.33 bits per heavy atom. The SMILES string of the molecule is CC(C)(CO)C(=O)SCCOP(=O)(NCc1ccccc1)OC[C@H]1O[C@@H](N2C=NC3C(=O)NC(N)NC32)[C@](C)(O)[C@@H]1O. The first kappa shape index (κ1) is 33.0. The third-order valence-electron chi connectivity index (χ3n) is 7.18. The summed E-state index contributed by atoms with van der Waals surface area (Å²) < 4.78 is 31.0. The van der Waals surface area contributed by atoms with Gasteiger partial charge in [-0.25, -0.2) is 9.65 Å². The Balaban J connectivity index is 1.40. The van der Waals surface area contributed by atoms with Gasteiger partial charge >= 0.3 is 7.75 Å². The molecule has 0 spiro atoms. The number of carbonyl (C=O) groups excluding carboxylic acids is 2. The Labute approximate surface area is 248 Å². The van der Waals surface area contributed by atoms with Crippen molar-refractivity contribution < 1.29 is 43.3 Å². The largest absolute Gasteiger partial charge is 0.405 e. The van der Waals surface area contributed by atoms with Crippen molar-refractivity contribution in [3.05, 3.63) is 35.9 Å². The van der Waals surface area contributed by atoms with Crippen LogP contribution < -0.4 is 21.5 Å². The van der Waals surface area contributed by atoms with Crippen LogP contribution >= 0.6 is 19.5 Å². The molecule has 3 aliphatic heterocycles. The minimum Gasteiger partial charge on any atom is -0.395 e. The summed E-state index contributed by atoms with van der Waals surface area (Å²) in [5, 5.41) is 39.6. The van der Waals surface area contributed by atoms with Crippen LogP contribution in [0.3, 0.4) is 0 Å². The molecule has 8 atom stereocenters. The lowest BCUT2D eigenvalue weighted by Crippen LogP contribution is -2.71. The molecule has 0 saturated carbocycles. The highest BCUT2D eigenvalue weighted by atomic mass is 32.2. The van der Waals surface area contributed by atoms with Crippen molar-refractivity contribution in [1.29, 1.82) is 0 Å². The fraction of sp³-hybridized carbons (Fsp3) is 0.640. The van der Waals surface area contributed by atoms with Crippen LogP contribution in [-0.2, 0) is 34.5 Å². The standard InChI is InChI=1S/C25H39N6O9PS/c1-24(2,13-32)22(35)42-10-9-38-41(37,28-11-15-7-5-4-6-8-15)39-12-16-18(33)25(3,36)21(40-16)31-14-27-17-19(31)29-23(26)30-20(17)34/h4-8,14,16-19,21,23,29,32-33,36H,9-13,26H2,1-3H3,(H,28,37)(H,30,34)/t16-,17?,18-,19?,21-,23?,25-,41?/m1/s1. The van der Waals surface area contributed by atoms with Gasteiger partial charge < -0.3 is 30.3 Å². The molecule has 1 aromatic rings. The molecule has 0 aliphatic carbocycles. The number of nitrogens with one attached hydrogen (secondary N) is 3. The molecule has 0 aromatic heterocycles. The number of carbonyl (C=O) groups is 2. The Bertz CT molecular complexity index is 1190. The van der Waals surface area contributed by atoms with E-state index < -0.39 is 68.2 Å². The summed E-state index contributed by atoms with van der Waals surface area (Å²) in [6, 6.07) is 8.30. The molecule has 17 heteroatoms. The van der Waals surface area contributed by atoms with E-state index in [-0.39, 0.29) is 30.6 Å². The van der Waals surface area contributed by atoms with Gasteiger partial charge in [0, 0.05) is 12.3 Å². The summed E-state index contributed by atoms with van der Waals surface area (Å²) in [7, 11) is -4.02. The van der Waals surface area contributed by atoms with E-state index in [9.17, 15) is 29.5 Å². The molecule has 2 saturated heterocycles. The lowest BCUT2D eigenvalue weighted by molar-refractivity contribution is -0.138. The van der Waals surface area contributed by atoms with Crippen molar-refractivity contribution in [1.82, 2.24) is 20.6 Å². The average molecular weight is 631 g/mol. The van der Waals surface area contributed by atoms with E-state index in [1.165, 1.54) is 18.2 Å². The molecule has 4 rings (SSSR count). The summed E-state index contributed by atoms with van der Waals surface area (Å²) in [5.74, 6) is -0.243. The lowest BCUT2D eigenvalue weighted by atomic mass is 9.95. The van der Waals surface area contributed by atoms with E-state index in [0.717, 1.165) is 17.3 Å². The van der Waals surface area contributed by atoms with Crippen LogP contribution in [0.2, 0.25) is 0 Å². The van der Waals surface area contributed by atoms with Gasteiger partial charge in [-0.3, -0.25) is 34.7 Å². The molecule has 2 fully saturated rings. The first-order chi connectivity index (χ1) is 19.8. The van der Waals surface area contributed by atoms with Gasteiger partial charge in [0.2, 0.25) is 0 Å². The molecule has 3 heterocycles. The van der Waals surface area contributed by atoms with Gasteiger partial charge in [-0.2, -0.15) is 0 Å². The number of aliphatic imine (C=N–C) groups is 1. The zero-order valence-corrected chi connectivity index (χ0v) is 25.3. The van der Waals surface area contributed by atoms with Crippen LogP contribution in [0, 0.1) is 5.41 Å². The lowest BCUT2D eigenvalue weighted by Gasteiger charge is -2.40. The Hall–Kier alpha value is -1.95. The Morgan fingerprint density at radius 3 is 2.74 bits per heavy atom. The maximum Gasteiger partial charge on any atom is 0.405 e. The number of hydrogen-bond donors (Lipinski definition) is 7. The number of nitrogens with two attached hydrogens (primary N) is 1. The number of hydrogen-bond acceptors (Lipinski definition) is 14. The molecule has 1 amide bonds. The van der Waals surface area contributed by atoms with Gasteiger partial charge in [0.15, 0.2) is 17.4 Å². The van der Waals surface area contributed by atoms with Crippen LogP contribution in [0.4, 0.5) is 0 Å². The zero-order valence-electron chi connectivity index (χ0n) is 23.6. The van der Waals surface area contributed by atoms with Crippen LogP contribution in [-0.4, -0.2) is 106 Å². The van der Waals surface area contributed by atoms with Gasteiger partial charge in [-0.1, -0.05) is 42.1 Å². The molecular weight excluding hydrogens is 591 g/mol. The third kappa shape index (κ3) is 7.39. The van der Waals surface area contributed by atoms with Crippen molar-refractivity contribution in [3.63, 3.8) is 0 Å². The first-order valence-corrected chi connectivity index (χ1v) is 16.0. The summed E-state index contributed by atoms with van der Waals surface area (Å²) in [4.78, 5) is 30.3. The molecule has 15 nitrogen and oxygen atoms in total. The van der Waals surface area contributed by atoms with E-state index in [2.05, 4.69) is 20.7 Å². The van der Waals surface area contributed by atoms with E-state index in [1.807, 2.05) is 30.3 Å². The van der Waals surface area contributed by atoms with E-state index in [0.29, 0.717) is 0 Å². The Morgan fingerprint density at radius 2 is 2.05 bits per heavy atom. The predicted molar refractivity (Wildman–Crippen MR) is 154 cm³/mol. The number of ether oxygens (including phenoxy) is 1. The summed E-state index contributed by atoms with van der Waals surface area (Å²) >= 11 is 0.943. The fourth-order valence-corrected chi connectivity index (χ4v) is 6.80. The highest BCUT2D eigenvalue weighted by molar-refractivity contribution is 8.13. The first-order valence-electron chi connectivity index (χ1n) is 13.4. The zero-order chi connectivity index (χ0) is 30.7. The number of aliphatic hydroxyl groups excluding tert-OH is 2. The summed E-state index contributed by atoms with van der Waals surface area (Å²) in [6.07, 6.45) is -3.99. The molecule has 1 aromatic carbocycles. The van der Waals surface area contributed by atoms with Crippen LogP contribution in [0.15, 0.2) is 35.3 Å². The summed E-state index contributed by atoms with van der Waals surface area (Å²) in [5.41, 5.74) is 3.89. The van der Waals surface area contributed by atoms with E-state index in [1.54, 1.807) is 13.8 Å². The molecular formula is C25H39N6O9PS. The molecule has 0 radical (unpaired) electrons. The monoisotopic (exact) mass is 630 g/mol. The highest BCUT2D eigenvalue weighted by Gasteiger charge is 2.58. The van der Waals surface area contributed by atoms with Crippen LogP contribution in [0.25, 0.3) is 0 Å². The number of fused-ring (bicyclic) bond motifs is 1. The molecule has 8 N–H and O–H groups in total. The summed E-state index contributed by atoms with van der Waals surface area (Å²) in [6.45, 7) is 3.89. The van der Waals surface area contributed by atoms with Crippen molar-refractivity contribution in [2.75, 3.05) is 25.6 Å². The second-order valence-electron chi connectivity index (χ2n) is 11.1. The number of benzene rings is 1. The van der Waals surface area contributed by atoms with Crippen LogP contribution in [0.5, 0.6) is 0 Å². The Kier molecular flexibility index (Phi) is 10.5. The van der Waals surface area contributed by atoms with Gasteiger partial charge in [0.25, 0.3) is 5.91 Å². The number of amides is 1. The molecule has 234 valence electrons. The van der Waals surface area contributed by atoms with Gasteiger partial charge in [0.1, 0.15) is 30.3 Å².